The molecule has 1 amide bonds. The fourth-order valence-corrected chi connectivity index (χ4v) is 4.29. The quantitative estimate of drug-likeness (QED) is 0.838. The molecule has 0 radical (unpaired) electrons. The fourth-order valence-electron chi connectivity index (χ4n) is 4.29. The molecule has 3 rings (SSSR count). The third-order valence-corrected chi connectivity index (χ3v) is 6.03. The Balaban J connectivity index is 1.46. The minimum Gasteiger partial charge on any atom is -0.392 e. The Morgan fingerprint density at radius 1 is 1.19 bits per heavy atom. The minimum atomic E-state index is 0.0897. The van der Waals surface area contributed by atoms with Gasteiger partial charge in [0.2, 0.25) is 5.91 Å². The molecule has 2 aliphatic heterocycles. The van der Waals surface area contributed by atoms with Crippen LogP contribution in [0, 0.1) is 5.92 Å². The first-order valence-corrected chi connectivity index (χ1v) is 9.90. The van der Waals surface area contributed by atoms with Gasteiger partial charge in [-0.05, 0) is 69.9 Å². The maximum Gasteiger partial charge on any atom is 0.236 e. The van der Waals surface area contributed by atoms with Crippen molar-refractivity contribution < 1.29 is 9.90 Å². The van der Waals surface area contributed by atoms with E-state index in [0.717, 1.165) is 57.4 Å². The minimum absolute atomic E-state index is 0.0897. The van der Waals surface area contributed by atoms with Gasteiger partial charge >= 0.3 is 0 Å². The summed E-state index contributed by atoms with van der Waals surface area (Å²) in [7, 11) is 4.27. The topological polar surface area (TPSA) is 47.0 Å². The number of nitrogens with zero attached hydrogens (tertiary/aromatic N) is 3. The van der Waals surface area contributed by atoms with Crippen LogP contribution in [0.15, 0.2) is 24.3 Å². The fraction of sp³-hybridized carbons (Fsp3) is 0.667. The summed E-state index contributed by atoms with van der Waals surface area (Å²) in [5.41, 5.74) is 2.23. The maximum atomic E-state index is 12.7. The van der Waals surface area contributed by atoms with Crippen molar-refractivity contribution in [3.63, 3.8) is 0 Å². The number of carbonyl (C=O) groups is 1. The largest absolute Gasteiger partial charge is 0.392 e. The molecule has 0 aromatic heterocycles. The lowest BCUT2D eigenvalue weighted by molar-refractivity contribution is -0.131. The molecule has 26 heavy (non-hydrogen) atoms. The summed E-state index contributed by atoms with van der Waals surface area (Å²) < 4.78 is 0. The van der Waals surface area contributed by atoms with E-state index < -0.39 is 0 Å². The monoisotopic (exact) mass is 359 g/mol. The maximum absolute atomic E-state index is 12.7. The van der Waals surface area contributed by atoms with Crippen LogP contribution in [0.25, 0.3) is 0 Å². The van der Waals surface area contributed by atoms with Crippen molar-refractivity contribution in [2.45, 2.75) is 38.3 Å². The molecule has 144 valence electrons. The van der Waals surface area contributed by atoms with Gasteiger partial charge in [-0.3, -0.25) is 9.69 Å². The van der Waals surface area contributed by atoms with Crippen molar-refractivity contribution in [2.24, 2.45) is 5.92 Å². The number of hydrogen-bond acceptors (Lipinski definition) is 4. The highest BCUT2D eigenvalue weighted by atomic mass is 16.3. The van der Waals surface area contributed by atoms with E-state index in [4.69, 9.17) is 0 Å². The standard InChI is InChI=1S/C21H33N3O2/c1-22-9-7-20(8-10-22)23(2)15-21(26)24-11-6-18(14-24)12-17-4-3-5-19(13-17)16-25/h3-5,13,18,20,25H,6-12,14-16H2,1-2H3. The lowest BCUT2D eigenvalue weighted by Crippen LogP contribution is -2.46. The van der Waals surface area contributed by atoms with Crippen LogP contribution in [0.1, 0.15) is 30.4 Å². The van der Waals surface area contributed by atoms with E-state index in [1.807, 2.05) is 17.0 Å². The number of likely N-dealkylation sites (tertiary alicyclic amines) is 2. The molecule has 1 aromatic rings. The molecule has 5 nitrogen and oxygen atoms in total. The zero-order valence-corrected chi connectivity index (χ0v) is 16.2. The van der Waals surface area contributed by atoms with Crippen LogP contribution in [0.5, 0.6) is 0 Å². The zero-order chi connectivity index (χ0) is 18.5. The predicted molar refractivity (Wildman–Crippen MR) is 104 cm³/mol. The third kappa shape index (κ3) is 5.06. The lowest BCUT2D eigenvalue weighted by Gasteiger charge is -2.35. The summed E-state index contributed by atoms with van der Waals surface area (Å²) in [6, 6.07) is 8.70. The van der Waals surface area contributed by atoms with Gasteiger partial charge in [-0.15, -0.1) is 0 Å². The molecule has 2 heterocycles. The summed E-state index contributed by atoms with van der Waals surface area (Å²) in [6.07, 6.45) is 4.38. The smallest absolute Gasteiger partial charge is 0.236 e. The van der Waals surface area contributed by atoms with Gasteiger partial charge in [0, 0.05) is 19.1 Å². The summed E-state index contributed by atoms with van der Waals surface area (Å²) in [6.45, 7) is 4.63. The Hall–Kier alpha value is -1.43. The average Bonchev–Trinajstić information content (AvgIpc) is 3.11. The molecule has 1 unspecified atom stereocenters. The Kier molecular flexibility index (Phi) is 6.68. The second-order valence-electron chi connectivity index (χ2n) is 8.13. The van der Waals surface area contributed by atoms with Crippen LogP contribution in [-0.2, 0) is 17.8 Å². The van der Waals surface area contributed by atoms with Crippen LogP contribution in [0.2, 0.25) is 0 Å². The molecule has 2 saturated heterocycles. The molecule has 1 N–H and O–H groups in total. The van der Waals surface area contributed by atoms with Crippen LogP contribution >= 0.6 is 0 Å². The van der Waals surface area contributed by atoms with Gasteiger partial charge < -0.3 is 14.9 Å². The van der Waals surface area contributed by atoms with E-state index in [0.29, 0.717) is 18.5 Å². The molecule has 1 aromatic carbocycles. The first-order valence-electron chi connectivity index (χ1n) is 9.90. The second-order valence-corrected chi connectivity index (χ2v) is 8.13. The first-order chi connectivity index (χ1) is 12.5. The van der Waals surface area contributed by atoms with Gasteiger partial charge in [0.25, 0.3) is 0 Å². The van der Waals surface area contributed by atoms with E-state index in [1.54, 1.807) is 0 Å². The van der Waals surface area contributed by atoms with Gasteiger partial charge in [-0.2, -0.15) is 0 Å². The van der Waals surface area contributed by atoms with E-state index in [2.05, 4.69) is 36.0 Å². The Labute approximate surface area is 157 Å². The highest BCUT2D eigenvalue weighted by Crippen LogP contribution is 2.22. The molecule has 0 spiro atoms. The van der Waals surface area contributed by atoms with Crippen molar-refractivity contribution in [3.05, 3.63) is 35.4 Å². The van der Waals surface area contributed by atoms with Gasteiger partial charge in [-0.1, -0.05) is 24.3 Å². The van der Waals surface area contributed by atoms with Crippen molar-refractivity contribution in [1.82, 2.24) is 14.7 Å². The lowest BCUT2D eigenvalue weighted by atomic mass is 9.97. The molecule has 0 aliphatic carbocycles. The highest BCUT2D eigenvalue weighted by Gasteiger charge is 2.28. The van der Waals surface area contributed by atoms with Crippen LogP contribution in [0.3, 0.4) is 0 Å². The van der Waals surface area contributed by atoms with Gasteiger partial charge in [-0.25, -0.2) is 0 Å². The number of rotatable bonds is 6. The number of aliphatic hydroxyl groups is 1. The number of hydrogen-bond donors (Lipinski definition) is 1. The number of carbonyl (C=O) groups excluding carboxylic acids is 1. The molecule has 2 aliphatic rings. The number of aliphatic hydroxyl groups excluding tert-OH is 1. The summed E-state index contributed by atoms with van der Waals surface area (Å²) >= 11 is 0. The average molecular weight is 360 g/mol. The number of piperidine rings is 1. The molecule has 0 saturated carbocycles. The van der Waals surface area contributed by atoms with Crippen molar-refractivity contribution in [3.8, 4) is 0 Å². The third-order valence-electron chi connectivity index (χ3n) is 6.03. The normalized spacial score (nSPS) is 22.3. The molecular formula is C21H33N3O2. The predicted octanol–water partition coefficient (Wildman–Crippen LogP) is 1.60. The Morgan fingerprint density at radius 3 is 2.65 bits per heavy atom. The zero-order valence-electron chi connectivity index (χ0n) is 16.2. The SMILES string of the molecule is CN1CCC(N(C)CC(=O)N2CCC(Cc3cccc(CO)c3)C2)CC1. The number of benzene rings is 1. The summed E-state index contributed by atoms with van der Waals surface area (Å²) in [5, 5.41) is 9.28. The second kappa shape index (κ2) is 8.98. The highest BCUT2D eigenvalue weighted by molar-refractivity contribution is 5.78. The van der Waals surface area contributed by atoms with E-state index in [-0.39, 0.29) is 12.5 Å². The molecular weight excluding hydrogens is 326 g/mol. The Bertz CT molecular complexity index is 599. The number of likely N-dealkylation sites (N-methyl/N-ethyl adjacent to an activating group) is 1. The van der Waals surface area contributed by atoms with Crippen LogP contribution < -0.4 is 0 Å². The Morgan fingerprint density at radius 2 is 1.92 bits per heavy atom. The molecule has 5 heteroatoms. The van der Waals surface area contributed by atoms with E-state index >= 15 is 0 Å². The van der Waals surface area contributed by atoms with Crippen molar-refractivity contribution in [1.29, 1.82) is 0 Å². The van der Waals surface area contributed by atoms with Crippen molar-refractivity contribution in [2.75, 3.05) is 46.8 Å². The van der Waals surface area contributed by atoms with Gasteiger partial charge in [0.15, 0.2) is 0 Å². The summed E-state index contributed by atoms with van der Waals surface area (Å²) in [5.74, 6) is 0.805. The molecule has 2 fully saturated rings. The first kappa shape index (κ1) is 19.3. The number of amides is 1. The van der Waals surface area contributed by atoms with Crippen molar-refractivity contribution >= 4 is 5.91 Å². The molecule has 0 bridgehead atoms. The van der Waals surface area contributed by atoms with Crippen LogP contribution in [0.4, 0.5) is 0 Å². The van der Waals surface area contributed by atoms with Gasteiger partial charge in [0.1, 0.15) is 0 Å². The van der Waals surface area contributed by atoms with Crippen LogP contribution in [-0.4, -0.2) is 78.6 Å². The van der Waals surface area contributed by atoms with E-state index in [9.17, 15) is 9.90 Å². The molecule has 1 atom stereocenters. The van der Waals surface area contributed by atoms with E-state index in [1.165, 1.54) is 5.56 Å². The van der Waals surface area contributed by atoms with Gasteiger partial charge in [0.05, 0.1) is 13.2 Å². The summed E-state index contributed by atoms with van der Waals surface area (Å²) in [4.78, 5) is 19.4.